The fourth-order valence-electron chi connectivity index (χ4n) is 2.25. The van der Waals surface area contributed by atoms with Crippen molar-refractivity contribution in [1.82, 2.24) is 0 Å². The van der Waals surface area contributed by atoms with Crippen molar-refractivity contribution in [2.45, 2.75) is 41.2 Å². The number of rotatable bonds is 8. The van der Waals surface area contributed by atoms with Gasteiger partial charge in [0.15, 0.2) is 0 Å². The molecule has 0 saturated heterocycles. The molecule has 4 nitrogen and oxygen atoms in total. The summed E-state index contributed by atoms with van der Waals surface area (Å²) in [6.07, 6.45) is 5.65. The minimum absolute atomic E-state index is 0.534. The molecule has 0 unspecified atom stereocenters. The van der Waals surface area contributed by atoms with E-state index in [0.717, 1.165) is 32.4 Å². The Labute approximate surface area is 161 Å². The summed E-state index contributed by atoms with van der Waals surface area (Å²) in [6, 6.07) is 8.07. The molecule has 0 fully saturated rings. The Bertz CT molecular complexity index is 697. The van der Waals surface area contributed by atoms with Crippen LogP contribution in [0.15, 0.2) is 41.6 Å². The highest BCUT2D eigenvalue weighted by Gasteiger charge is 2.08. The fourth-order valence-corrected chi connectivity index (χ4v) is 3.04. The van der Waals surface area contributed by atoms with Crippen LogP contribution in [0.25, 0.3) is 0 Å². The van der Waals surface area contributed by atoms with Gasteiger partial charge in [-0.2, -0.15) is 0 Å². The first-order valence-electron chi connectivity index (χ1n) is 8.77. The molecule has 0 saturated carbocycles. The maximum absolute atomic E-state index is 6.02. The molecule has 2 rings (SSSR count). The third kappa shape index (κ3) is 6.92. The minimum atomic E-state index is 0.534. The molecular formula is C21H29NO3S. The average molecular weight is 376 g/mol. The highest BCUT2D eigenvalue weighted by molar-refractivity contribution is 7.13. The molecule has 0 bridgehead atoms. The van der Waals surface area contributed by atoms with Crippen molar-refractivity contribution in [3.05, 3.63) is 57.3 Å². The van der Waals surface area contributed by atoms with Crippen molar-refractivity contribution < 1.29 is 14.3 Å². The number of ether oxygens (including phenoxy) is 2. The standard InChI is InChI=1S/C19H23NO3S.C2H6/c1-5-6-9-22-16-10-14(2)19(15(3)11-16)23-13-18-8-7-17(24-18)12-20-21-4;1-2/h5-8,10-12H,9,13H2,1-4H3;1-2H3/b6-5+,20-12-;. The van der Waals surface area contributed by atoms with Crippen LogP contribution in [0.3, 0.4) is 0 Å². The lowest BCUT2D eigenvalue weighted by atomic mass is 10.1. The first-order chi connectivity index (χ1) is 12.6. The van der Waals surface area contributed by atoms with E-state index in [0.29, 0.717) is 13.2 Å². The summed E-state index contributed by atoms with van der Waals surface area (Å²) < 4.78 is 11.7. The second kappa shape index (κ2) is 12.1. The molecular weight excluding hydrogens is 346 g/mol. The lowest BCUT2D eigenvalue weighted by Gasteiger charge is -2.14. The lowest BCUT2D eigenvalue weighted by molar-refractivity contribution is 0.215. The summed E-state index contributed by atoms with van der Waals surface area (Å²) in [6.45, 7) is 11.2. The van der Waals surface area contributed by atoms with Gasteiger partial charge in [0.05, 0.1) is 6.21 Å². The van der Waals surface area contributed by atoms with Crippen LogP contribution >= 0.6 is 11.3 Å². The largest absolute Gasteiger partial charge is 0.490 e. The van der Waals surface area contributed by atoms with E-state index >= 15 is 0 Å². The van der Waals surface area contributed by atoms with Gasteiger partial charge in [-0.3, -0.25) is 0 Å². The van der Waals surface area contributed by atoms with Gasteiger partial charge in [0.1, 0.15) is 31.8 Å². The zero-order valence-corrected chi connectivity index (χ0v) is 17.4. The first kappa shape index (κ1) is 21.8. The van der Waals surface area contributed by atoms with E-state index in [2.05, 4.69) is 5.16 Å². The summed E-state index contributed by atoms with van der Waals surface area (Å²) >= 11 is 1.63. The molecule has 0 aliphatic rings. The Morgan fingerprint density at radius 1 is 1.08 bits per heavy atom. The van der Waals surface area contributed by atoms with Gasteiger partial charge in [0.25, 0.3) is 0 Å². The molecule has 1 heterocycles. The third-order valence-electron chi connectivity index (χ3n) is 3.34. The Hall–Kier alpha value is -2.27. The Balaban J connectivity index is 0.00000163. The van der Waals surface area contributed by atoms with Crippen LogP contribution in [0.4, 0.5) is 0 Å². The van der Waals surface area contributed by atoms with Gasteiger partial charge in [-0.25, -0.2) is 0 Å². The first-order valence-corrected chi connectivity index (χ1v) is 9.59. The van der Waals surface area contributed by atoms with Gasteiger partial charge in [-0.05, 0) is 56.2 Å². The molecule has 5 heteroatoms. The van der Waals surface area contributed by atoms with Crippen molar-refractivity contribution in [2.24, 2.45) is 5.16 Å². The number of allylic oxidation sites excluding steroid dienone is 1. The quantitative estimate of drug-likeness (QED) is 0.327. The van der Waals surface area contributed by atoms with Crippen LogP contribution < -0.4 is 9.47 Å². The third-order valence-corrected chi connectivity index (χ3v) is 4.34. The Morgan fingerprint density at radius 2 is 1.77 bits per heavy atom. The van der Waals surface area contributed by atoms with E-state index in [1.54, 1.807) is 17.6 Å². The molecule has 0 N–H and O–H groups in total. The van der Waals surface area contributed by atoms with E-state index in [1.807, 2.05) is 71.0 Å². The highest BCUT2D eigenvalue weighted by atomic mass is 32.1. The maximum Gasteiger partial charge on any atom is 0.125 e. The summed E-state index contributed by atoms with van der Waals surface area (Å²) in [5, 5.41) is 3.77. The molecule has 0 aliphatic heterocycles. The van der Waals surface area contributed by atoms with Crippen LogP contribution in [-0.4, -0.2) is 19.9 Å². The van der Waals surface area contributed by atoms with Gasteiger partial charge in [-0.15, -0.1) is 11.3 Å². The Kier molecular flexibility index (Phi) is 10.2. The molecule has 0 radical (unpaired) electrons. The molecule has 142 valence electrons. The van der Waals surface area contributed by atoms with E-state index in [4.69, 9.17) is 14.3 Å². The van der Waals surface area contributed by atoms with Crippen LogP contribution in [0.1, 0.15) is 41.7 Å². The van der Waals surface area contributed by atoms with Crippen molar-refractivity contribution in [3.8, 4) is 11.5 Å². The van der Waals surface area contributed by atoms with Crippen LogP contribution in [0.2, 0.25) is 0 Å². The average Bonchev–Trinajstić information content (AvgIpc) is 3.09. The second-order valence-corrected chi connectivity index (χ2v) is 6.48. The smallest absolute Gasteiger partial charge is 0.125 e. The molecule has 0 atom stereocenters. The van der Waals surface area contributed by atoms with Crippen molar-refractivity contribution in [1.29, 1.82) is 0 Å². The number of thiophene rings is 1. The predicted octanol–water partition coefficient (Wildman–Crippen LogP) is 5.91. The summed E-state index contributed by atoms with van der Waals surface area (Å²) in [7, 11) is 1.53. The van der Waals surface area contributed by atoms with E-state index < -0.39 is 0 Å². The summed E-state index contributed by atoms with van der Waals surface area (Å²) in [5.41, 5.74) is 2.14. The highest BCUT2D eigenvalue weighted by Crippen LogP contribution is 2.29. The van der Waals surface area contributed by atoms with Crippen molar-refractivity contribution in [2.75, 3.05) is 13.7 Å². The summed E-state index contributed by atoms with van der Waals surface area (Å²) in [4.78, 5) is 6.87. The second-order valence-electron chi connectivity index (χ2n) is 5.28. The van der Waals surface area contributed by atoms with Gasteiger partial charge in [0, 0.05) is 9.75 Å². The van der Waals surface area contributed by atoms with Crippen LogP contribution in [-0.2, 0) is 11.4 Å². The van der Waals surface area contributed by atoms with E-state index in [1.165, 1.54) is 7.11 Å². The number of hydrogen-bond acceptors (Lipinski definition) is 5. The normalized spacial score (nSPS) is 10.7. The van der Waals surface area contributed by atoms with Crippen molar-refractivity contribution in [3.63, 3.8) is 0 Å². The number of hydrogen-bond donors (Lipinski definition) is 0. The maximum atomic E-state index is 6.02. The molecule has 26 heavy (non-hydrogen) atoms. The molecule has 0 aliphatic carbocycles. The molecule has 2 aromatic rings. The summed E-state index contributed by atoms with van der Waals surface area (Å²) in [5.74, 6) is 1.78. The molecule has 0 amide bonds. The SMILES string of the molecule is C/C=C/COc1cc(C)c(OCc2ccc(/C=N\OC)s2)c(C)c1.CC. The van der Waals surface area contributed by atoms with Crippen LogP contribution in [0, 0.1) is 13.8 Å². The number of aryl methyl sites for hydroxylation is 2. The molecule has 1 aromatic heterocycles. The van der Waals surface area contributed by atoms with E-state index in [9.17, 15) is 0 Å². The zero-order valence-electron chi connectivity index (χ0n) is 16.5. The van der Waals surface area contributed by atoms with Gasteiger partial charge in [-0.1, -0.05) is 31.2 Å². The monoisotopic (exact) mass is 375 g/mol. The zero-order chi connectivity index (χ0) is 19.4. The predicted molar refractivity (Wildman–Crippen MR) is 111 cm³/mol. The van der Waals surface area contributed by atoms with Gasteiger partial charge < -0.3 is 14.3 Å². The van der Waals surface area contributed by atoms with Gasteiger partial charge in [0.2, 0.25) is 0 Å². The minimum Gasteiger partial charge on any atom is -0.490 e. The number of nitrogens with zero attached hydrogens (tertiary/aromatic N) is 1. The number of benzene rings is 1. The van der Waals surface area contributed by atoms with E-state index in [-0.39, 0.29) is 0 Å². The van der Waals surface area contributed by atoms with Crippen molar-refractivity contribution >= 4 is 17.6 Å². The van der Waals surface area contributed by atoms with Crippen LogP contribution in [0.5, 0.6) is 11.5 Å². The molecule has 1 aromatic carbocycles. The Morgan fingerprint density at radius 3 is 2.38 bits per heavy atom. The lowest BCUT2D eigenvalue weighted by Crippen LogP contribution is -1.99. The fraction of sp³-hybridized carbons (Fsp3) is 0.381. The number of oxime groups is 1. The van der Waals surface area contributed by atoms with Gasteiger partial charge >= 0.3 is 0 Å². The molecule has 0 spiro atoms. The topological polar surface area (TPSA) is 40.0 Å².